The lowest BCUT2D eigenvalue weighted by atomic mass is 10.1. The number of piperidine rings is 1. The average molecular weight is 220 g/mol. The quantitative estimate of drug-likeness (QED) is 0.339. The van der Waals surface area contributed by atoms with Crippen LogP contribution in [0.15, 0.2) is 23.5 Å². The van der Waals surface area contributed by atoms with Crippen LogP contribution >= 0.6 is 0 Å². The van der Waals surface area contributed by atoms with Gasteiger partial charge in [0.15, 0.2) is 5.84 Å². The summed E-state index contributed by atoms with van der Waals surface area (Å²) in [5, 5.41) is 11.7. The summed E-state index contributed by atoms with van der Waals surface area (Å²) in [7, 11) is 0. The minimum absolute atomic E-state index is 0.0705. The molecule has 0 unspecified atom stereocenters. The van der Waals surface area contributed by atoms with Crippen LogP contribution in [0.4, 0.5) is 5.69 Å². The lowest BCUT2D eigenvalue weighted by Gasteiger charge is -2.29. The molecule has 1 aliphatic rings. The molecule has 0 amide bonds. The van der Waals surface area contributed by atoms with Crippen molar-refractivity contribution in [1.82, 2.24) is 4.98 Å². The molecule has 0 saturated carbocycles. The minimum Gasteiger partial charge on any atom is -0.409 e. The molecule has 5 heteroatoms. The number of rotatable bonds is 2. The molecule has 0 atom stereocenters. The van der Waals surface area contributed by atoms with E-state index in [9.17, 15) is 0 Å². The number of anilines is 1. The Balaban J connectivity index is 2.31. The highest BCUT2D eigenvalue weighted by atomic mass is 16.4. The molecule has 16 heavy (non-hydrogen) atoms. The van der Waals surface area contributed by atoms with E-state index in [1.165, 1.54) is 19.3 Å². The summed E-state index contributed by atoms with van der Waals surface area (Å²) in [6, 6.07) is 3.84. The van der Waals surface area contributed by atoms with Crippen LogP contribution in [0.5, 0.6) is 0 Å². The van der Waals surface area contributed by atoms with Gasteiger partial charge in [-0.15, -0.1) is 0 Å². The molecule has 0 spiro atoms. The molecule has 1 aromatic heterocycles. The molecule has 0 aliphatic carbocycles. The molecule has 1 aromatic rings. The van der Waals surface area contributed by atoms with Crippen molar-refractivity contribution in [3.05, 3.63) is 24.0 Å². The van der Waals surface area contributed by atoms with Crippen LogP contribution in [-0.2, 0) is 0 Å². The third-order valence-electron chi connectivity index (χ3n) is 2.83. The number of aromatic nitrogens is 1. The van der Waals surface area contributed by atoms with Gasteiger partial charge >= 0.3 is 0 Å². The van der Waals surface area contributed by atoms with Crippen molar-refractivity contribution in [2.45, 2.75) is 19.3 Å². The van der Waals surface area contributed by atoms with Crippen molar-refractivity contribution in [3.8, 4) is 0 Å². The fourth-order valence-corrected chi connectivity index (χ4v) is 2.03. The maximum absolute atomic E-state index is 8.72. The Morgan fingerprint density at radius 1 is 1.38 bits per heavy atom. The zero-order chi connectivity index (χ0) is 11.4. The van der Waals surface area contributed by atoms with Gasteiger partial charge in [0, 0.05) is 19.3 Å². The summed E-state index contributed by atoms with van der Waals surface area (Å²) in [6.07, 6.45) is 5.30. The highest BCUT2D eigenvalue weighted by Gasteiger charge is 2.16. The van der Waals surface area contributed by atoms with Crippen LogP contribution in [0.3, 0.4) is 0 Å². The summed E-state index contributed by atoms with van der Waals surface area (Å²) in [5.41, 5.74) is 7.13. The van der Waals surface area contributed by atoms with Gasteiger partial charge in [0.25, 0.3) is 0 Å². The van der Waals surface area contributed by atoms with Gasteiger partial charge in [0.05, 0.1) is 5.69 Å². The molecule has 86 valence electrons. The SMILES string of the molecule is N/C(=N/O)c1ncccc1N1CCCCC1. The Labute approximate surface area is 94.6 Å². The van der Waals surface area contributed by atoms with Crippen molar-refractivity contribution >= 4 is 11.5 Å². The highest BCUT2D eigenvalue weighted by molar-refractivity contribution is 6.00. The fourth-order valence-electron chi connectivity index (χ4n) is 2.03. The maximum Gasteiger partial charge on any atom is 0.190 e. The molecule has 1 aliphatic heterocycles. The molecule has 2 heterocycles. The largest absolute Gasteiger partial charge is 0.409 e. The van der Waals surface area contributed by atoms with E-state index >= 15 is 0 Å². The predicted molar refractivity (Wildman–Crippen MR) is 62.8 cm³/mol. The Morgan fingerprint density at radius 3 is 2.81 bits per heavy atom. The maximum atomic E-state index is 8.72. The van der Waals surface area contributed by atoms with Gasteiger partial charge in [-0.1, -0.05) is 5.16 Å². The smallest absolute Gasteiger partial charge is 0.190 e. The zero-order valence-electron chi connectivity index (χ0n) is 9.13. The first kappa shape index (κ1) is 10.7. The van der Waals surface area contributed by atoms with E-state index in [1.54, 1.807) is 6.20 Å². The standard InChI is InChI=1S/C11H16N4O/c12-11(14-16)10-9(5-4-6-13-10)15-7-2-1-3-8-15/h4-6,16H,1-3,7-8H2,(H2,12,14). The molecule has 5 nitrogen and oxygen atoms in total. The van der Waals surface area contributed by atoms with Gasteiger partial charge < -0.3 is 15.8 Å². The van der Waals surface area contributed by atoms with Crippen molar-refractivity contribution in [1.29, 1.82) is 0 Å². The summed E-state index contributed by atoms with van der Waals surface area (Å²) in [5.74, 6) is 0.0705. The Hall–Kier alpha value is -1.78. The van der Waals surface area contributed by atoms with Crippen molar-refractivity contribution < 1.29 is 5.21 Å². The molecule has 1 saturated heterocycles. The van der Waals surface area contributed by atoms with Gasteiger partial charge in [-0.3, -0.25) is 4.98 Å². The van der Waals surface area contributed by atoms with E-state index < -0.39 is 0 Å². The van der Waals surface area contributed by atoms with E-state index in [1.807, 2.05) is 12.1 Å². The second-order valence-electron chi connectivity index (χ2n) is 3.90. The number of oxime groups is 1. The molecular formula is C11H16N4O. The normalized spacial score (nSPS) is 17.5. The van der Waals surface area contributed by atoms with E-state index in [0.717, 1.165) is 18.8 Å². The summed E-state index contributed by atoms with van der Waals surface area (Å²) < 4.78 is 0. The molecule has 0 bridgehead atoms. The van der Waals surface area contributed by atoms with Gasteiger partial charge in [0.1, 0.15) is 5.69 Å². The molecule has 1 fully saturated rings. The second-order valence-corrected chi connectivity index (χ2v) is 3.90. The van der Waals surface area contributed by atoms with Gasteiger partial charge in [-0.2, -0.15) is 0 Å². The number of hydrogen-bond acceptors (Lipinski definition) is 4. The lowest BCUT2D eigenvalue weighted by Crippen LogP contribution is -2.32. The van der Waals surface area contributed by atoms with E-state index in [2.05, 4.69) is 15.0 Å². The average Bonchev–Trinajstić information content (AvgIpc) is 2.39. The van der Waals surface area contributed by atoms with Crippen LogP contribution in [0.1, 0.15) is 25.0 Å². The third kappa shape index (κ3) is 2.08. The molecule has 0 radical (unpaired) electrons. The van der Waals surface area contributed by atoms with E-state index in [-0.39, 0.29) is 5.84 Å². The Bertz CT molecular complexity index is 385. The van der Waals surface area contributed by atoms with Gasteiger partial charge in [-0.25, -0.2) is 0 Å². The molecule has 3 N–H and O–H groups in total. The van der Waals surface area contributed by atoms with Crippen LogP contribution in [0.2, 0.25) is 0 Å². The predicted octanol–water partition coefficient (Wildman–Crippen LogP) is 1.17. The first-order valence-corrected chi connectivity index (χ1v) is 5.51. The van der Waals surface area contributed by atoms with Crippen LogP contribution in [0.25, 0.3) is 0 Å². The number of pyridine rings is 1. The van der Waals surface area contributed by atoms with Gasteiger partial charge in [-0.05, 0) is 31.4 Å². The monoisotopic (exact) mass is 220 g/mol. The number of nitrogens with two attached hydrogens (primary N) is 1. The first-order chi connectivity index (χ1) is 7.83. The summed E-state index contributed by atoms with van der Waals surface area (Å²) in [4.78, 5) is 6.41. The second kappa shape index (κ2) is 4.83. The lowest BCUT2D eigenvalue weighted by molar-refractivity contribution is 0.318. The van der Waals surface area contributed by atoms with Crippen LogP contribution < -0.4 is 10.6 Å². The highest BCUT2D eigenvalue weighted by Crippen LogP contribution is 2.22. The Kier molecular flexibility index (Phi) is 3.24. The van der Waals surface area contributed by atoms with Crippen molar-refractivity contribution in [2.24, 2.45) is 10.9 Å². The number of hydrogen-bond donors (Lipinski definition) is 2. The number of amidine groups is 1. The minimum atomic E-state index is 0.0705. The van der Waals surface area contributed by atoms with Crippen molar-refractivity contribution in [2.75, 3.05) is 18.0 Å². The Morgan fingerprint density at radius 2 is 2.12 bits per heavy atom. The zero-order valence-corrected chi connectivity index (χ0v) is 9.13. The summed E-state index contributed by atoms with van der Waals surface area (Å²) in [6.45, 7) is 2.02. The fraction of sp³-hybridized carbons (Fsp3) is 0.455. The van der Waals surface area contributed by atoms with Crippen molar-refractivity contribution in [3.63, 3.8) is 0 Å². The van der Waals surface area contributed by atoms with E-state index in [4.69, 9.17) is 10.9 Å². The van der Waals surface area contributed by atoms with E-state index in [0.29, 0.717) is 5.69 Å². The van der Waals surface area contributed by atoms with Crippen LogP contribution in [0, 0.1) is 0 Å². The first-order valence-electron chi connectivity index (χ1n) is 5.51. The summed E-state index contributed by atoms with van der Waals surface area (Å²) >= 11 is 0. The topological polar surface area (TPSA) is 74.7 Å². The van der Waals surface area contributed by atoms with Gasteiger partial charge in [0.2, 0.25) is 0 Å². The molecular weight excluding hydrogens is 204 g/mol. The van der Waals surface area contributed by atoms with Crippen LogP contribution in [-0.4, -0.2) is 29.1 Å². The molecule has 0 aromatic carbocycles. The molecule has 2 rings (SSSR count). The number of nitrogens with zero attached hydrogens (tertiary/aromatic N) is 3. The third-order valence-corrected chi connectivity index (χ3v) is 2.83.